The quantitative estimate of drug-likeness (QED) is 0.764. The van der Waals surface area contributed by atoms with Crippen molar-refractivity contribution >= 4 is 11.5 Å². The van der Waals surface area contributed by atoms with Gasteiger partial charge in [-0.3, -0.25) is 9.55 Å². The van der Waals surface area contributed by atoms with Crippen LogP contribution in [0.2, 0.25) is 0 Å². The Hall–Kier alpha value is -2.89. The summed E-state index contributed by atoms with van der Waals surface area (Å²) in [5.74, 6) is 2.44. The number of hydrogen-bond donors (Lipinski definition) is 1. The normalized spacial score (nSPS) is 14.4. The van der Waals surface area contributed by atoms with Crippen LogP contribution in [0.5, 0.6) is 0 Å². The number of imidazole rings is 1. The third-order valence-corrected chi connectivity index (χ3v) is 4.84. The first-order valence-electron chi connectivity index (χ1n) is 9.20. The lowest BCUT2D eigenvalue weighted by atomic mass is 10.1. The van der Waals surface area contributed by atoms with Gasteiger partial charge in [-0.05, 0) is 37.8 Å². The molecule has 1 aromatic carbocycles. The second kappa shape index (κ2) is 7.56. The van der Waals surface area contributed by atoms with Gasteiger partial charge in [0.25, 0.3) is 0 Å². The summed E-state index contributed by atoms with van der Waals surface area (Å²) in [5.41, 5.74) is 2.62. The van der Waals surface area contributed by atoms with E-state index in [2.05, 4.69) is 49.4 Å². The van der Waals surface area contributed by atoms with E-state index >= 15 is 0 Å². The molecule has 0 amide bonds. The van der Waals surface area contributed by atoms with Gasteiger partial charge in [-0.15, -0.1) is 0 Å². The number of aromatic nitrogens is 4. The van der Waals surface area contributed by atoms with Crippen LogP contribution < -0.4 is 10.2 Å². The molecule has 0 saturated carbocycles. The van der Waals surface area contributed by atoms with E-state index in [1.807, 2.05) is 17.7 Å². The van der Waals surface area contributed by atoms with E-state index in [1.165, 1.54) is 30.5 Å². The van der Waals surface area contributed by atoms with Gasteiger partial charge in [0.2, 0.25) is 0 Å². The smallest absolute Gasteiger partial charge is 0.159 e. The molecule has 3 aromatic rings. The number of aryl methyl sites for hydroxylation is 1. The fourth-order valence-corrected chi connectivity index (χ4v) is 3.47. The third-order valence-electron chi connectivity index (χ3n) is 4.84. The Morgan fingerprint density at radius 1 is 1.08 bits per heavy atom. The Morgan fingerprint density at radius 2 is 1.92 bits per heavy atom. The minimum atomic E-state index is 0.730. The van der Waals surface area contributed by atoms with E-state index < -0.39 is 0 Å². The van der Waals surface area contributed by atoms with Crippen molar-refractivity contribution in [2.75, 3.05) is 23.3 Å². The second-order valence-electron chi connectivity index (χ2n) is 6.64. The van der Waals surface area contributed by atoms with Gasteiger partial charge in [-0.25, -0.2) is 9.97 Å². The topological polar surface area (TPSA) is 58.9 Å². The minimum Gasteiger partial charge on any atom is -0.371 e. The monoisotopic (exact) mass is 348 g/mol. The molecule has 1 N–H and O–H groups in total. The molecular weight excluding hydrogens is 324 g/mol. The molecule has 3 heterocycles. The van der Waals surface area contributed by atoms with Gasteiger partial charge in [0, 0.05) is 37.7 Å². The van der Waals surface area contributed by atoms with Gasteiger partial charge < -0.3 is 10.2 Å². The summed E-state index contributed by atoms with van der Waals surface area (Å²) in [4.78, 5) is 15.7. The summed E-state index contributed by atoms with van der Waals surface area (Å²) in [7, 11) is 0. The molecule has 0 spiro atoms. The van der Waals surface area contributed by atoms with Crippen molar-refractivity contribution in [3.05, 3.63) is 60.4 Å². The van der Waals surface area contributed by atoms with E-state index in [9.17, 15) is 0 Å². The predicted molar refractivity (Wildman–Crippen MR) is 104 cm³/mol. The van der Waals surface area contributed by atoms with Crippen molar-refractivity contribution in [1.82, 2.24) is 19.5 Å². The molecule has 2 aromatic heterocycles. The summed E-state index contributed by atoms with van der Waals surface area (Å²) in [5, 5.41) is 3.43. The highest BCUT2D eigenvalue weighted by Gasteiger charge is 2.14. The SMILES string of the molecule is Cc1nccn1-c1cncc(NCc2ccccc2N2CCCCC2)n1. The lowest BCUT2D eigenvalue weighted by Crippen LogP contribution is -2.30. The first kappa shape index (κ1) is 16.6. The van der Waals surface area contributed by atoms with Crippen LogP contribution in [-0.4, -0.2) is 32.6 Å². The number of piperidine rings is 1. The summed E-state index contributed by atoms with van der Waals surface area (Å²) in [6.07, 6.45) is 11.1. The van der Waals surface area contributed by atoms with Gasteiger partial charge in [0.1, 0.15) is 11.6 Å². The Morgan fingerprint density at radius 3 is 2.73 bits per heavy atom. The lowest BCUT2D eigenvalue weighted by molar-refractivity contribution is 0.576. The molecule has 0 bridgehead atoms. The predicted octanol–water partition coefficient (Wildman–Crippen LogP) is 3.57. The third kappa shape index (κ3) is 3.54. The van der Waals surface area contributed by atoms with Crippen molar-refractivity contribution in [2.45, 2.75) is 32.7 Å². The number of nitrogens with zero attached hydrogens (tertiary/aromatic N) is 5. The molecule has 0 aliphatic carbocycles. The van der Waals surface area contributed by atoms with E-state index in [1.54, 1.807) is 18.6 Å². The molecule has 26 heavy (non-hydrogen) atoms. The first-order chi connectivity index (χ1) is 12.8. The largest absolute Gasteiger partial charge is 0.371 e. The molecule has 134 valence electrons. The van der Waals surface area contributed by atoms with Crippen LogP contribution in [0.4, 0.5) is 11.5 Å². The van der Waals surface area contributed by atoms with E-state index in [0.29, 0.717) is 0 Å². The van der Waals surface area contributed by atoms with Crippen LogP contribution in [0.3, 0.4) is 0 Å². The number of rotatable bonds is 5. The summed E-state index contributed by atoms with van der Waals surface area (Å²) in [6, 6.07) is 8.63. The molecule has 6 heteroatoms. The Bertz CT molecular complexity index is 866. The maximum absolute atomic E-state index is 4.67. The maximum Gasteiger partial charge on any atom is 0.159 e. The lowest BCUT2D eigenvalue weighted by Gasteiger charge is -2.30. The molecule has 0 atom stereocenters. The van der Waals surface area contributed by atoms with Gasteiger partial charge >= 0.3 is 0 Å². The standard InChI is InChI=1S/C20H24N6/c1-16-22-9-12-26(16)20-15-21-14-19(24-20)23-13-17-7-3-4-8-18(17)25-10-5-2-6-11-25/h3-4,7-9,12,14-15H,2,5-6,10-11,13H2,1H3,(H,23,24). The maximum atomic E-state index is 4.67. The number of anilines is 2. The van der Waals surface area contributed by atoms with Crippen molar-refractivity contribution < 1.29 is 0 Å². The molecular formula is C20H24N6. The summed E-state index contributed by atoms with van der Waals surface area (Å²) in [6.45, 7) is 4.97. The van der Waals surface area contributed by atoms with Crippen LogP contribution in [0.1, 0.15) is 30.7 Å². The van der Waals surface area contributed by atoms with Crippen LogP contribution in [0.25, 0.3) is 5.82 Å². The first-order valence-corrected chi connectivity index (χ1v) is 9.20. The van der Waals surface area contributed by atoms with Crippen molar-refractivity contribution in [2.24, 2.45) is 0 Å². The van der Waals surface area contributed by atoms with Gasteiger partial charge in [-0.2, -0.15) is 0 Å². The van der Waals surface area contributed by atoms with Crippen LogP contribution >= 0.6 is 0 Å². The number of nitrogens with one attached hydrogen (secondary N) is 1. The fourth-order valence-electron chi connectivity index (χ4n) is 3.47. The van der Waals surface area contributed by atoms with Gasteiger partial charge in [-0.1, -0.05) is 18.2 Å². The average Bonchev–Trinajstić information content (AvgIpc) is 3.13. The highest BCUT2D eigenvalue weighted by atomic mass is 15.2. The zero-order chi connectivity index (χ0) is 17.8. The van der Waals surface area contributed by atoms with Crippen molar-refractivity contribution in [3.8, 4) is 5.82 Å². The van der Waals surface area contributed by atoms with E-state index in [0.717, 1.165) is 37.1 Å². The zero-order valence-corrected chi connectivity index (χ0v) is 15.1. The number of para-hydroxylation sites is 1. The van der Waals surface area contributed by atoms with Crippen LogP contribution in [0, 0.1) is 6.92 Å². The van der Waals surface area contributed by atoms with Crippen LogP contribution in [0.15, 0.2) is 49.1 Å². The van der Waals surface area contributed by atoms with Gasteiger partial charge in [0.05, 0.1) is 12.4 Å². The Balaban J connectivity index is 1.50. The summed E-state index contributed by atoms with van der Waals surface area (Å²) >= 11 is 0. The highest BCUT2D eigenvalue weighted by Crippen LogP contribution is 2.24. The molecule has 0 unspecified atom stereocenters. The molecule has 1 aliphatic rings. The second-order valence-corrected chi connectivity index (χ2v) is 6.64. The van der Waals surface area contributed by atoms with Crippen molar-refractivity contribution in [1.29, 1.82) is 0 Å². The molecule has 0 radical (unpaired) electrons. The molecule has 1 aliphatic heterocycles. The minimum absolute atomic E-state index is 0.730. The molecule has 4 rings (SSSR count). The van der Waals surface area contributed by atoms with E-state index in [-0.39, 0.29) is 0 Å². The molecule has 1 saturated heterocycles. The van der Waals surface area contributed by atoms with E-state index in [4.69, 9.17) is 0 Å². The molecule has 1 fully saturated rings. The number of benzene rings is 1. The molecule has 6 nitrogen and oxygen atoms in total. The average molecular weight is 348 g/mol. The Labute approximate surface area is 153 Å². The van der Waals surface area contributed by atoms with Gasteiger partial charge in [0.15, 0.2) is 5.82 Å². The Kier molecular flexibility index (Phi) is 4.82. The highest BCUT2D eigenvalue weighted by molar-refractivity contribution is 5.55. The van der Waals surface area contributed by atoms with Crippen LogP contribution in [-0.2, 0) is 6.54 Å². The zero-order valence-electron chi connectivity index (χ0n) is 15.1. The van der Waals surface area contributed by atoms with Crippen molar-refractivity contribution in [3.63, 3.8) is 0 Å². The number of hydrogen-bond acceptors (Lipinski definition) is 5. The fraction of sp³-hybridized carbons (Fsp3) is 0.350. The summed E-state index contributed by atoms with van der Waals surface area (Å²) < 4.78 is 1.93.